The van der Waals surface area contributed by atoms with E-state index in [0.717, 1.165) is 55.7 Å². The molecular formula is C24H26ClF2N5. The van der Waals surface area contributed by atoms with Crippen molar-refractivity contribution >= 4 is 23.2 Å². The SMILES string of the molecule is NC[C@H]1CC[C@H](Nc2cc(-c3cccc(NCc4cc(F)ccc4F)n3)c(Cl)cn2)CC1. The van der Waals surface area contributed by atoms with Gasteiger partial charge in [-0.3, -0.25) is 0 Å². The summed E-state index contributed by atoms with van der Waals surface area (Å²) in [5.74, 6) is 0.951. The minimum atomic E-state index is -0.481. The number of pyridine rings is 2. The molecule has 32 heavy (non-hydrogen) atoms. The van der Waals surface area contributed by atoms with E-state index in [4.69, 9.17) is 17.3 Å². The minimum Gasteiger partial charge on any atom is -0.367 e. The molecule has 0 amide bonds. The Morgan fingerprint density at radius 3 is 2.62 bits per heavy atom. The molecule has 0 atom stereocenters. The lowest BCUT2D eigenvalue weighted by Gasteiger charge is -2.28. The van der Waals surface area contributed by atoms with Gasteiger partial charge in [0.15, 0.2) is 0 Å². The van der Waals surface area contributed by atoms with E-state index in [2.05, 4.69) is 20.6 Å². The second-order valence-electron chi connectivity index (χ2n) is 8.14. The average Bonchev–Trinajstić information content (AvgIpc) is 2.81. The Bertz CT molecular complexity index is 1070. The van der Waals surface area contributed by atoms with Gasteiger partial charge < -0.3 is 16.4 Å². The molecule has 8 heteroatoms. The summed E-state index contributed by atoms with van der Waals surface area (Å²) < 4.78 is 27.3. The Kier molecular flexibility index (Phi) is 7.17. The third kappa shape index (κ3) is 5.53. The van der Waals surface area contributed by atoms with Crippen molar-refractivity contribution in [2.45, 2.75) is 38.3 Å². The van der Waals surface area contributed by atoms with Gasteiger partial charge in [0.05, 0.1) is 10.7 Å². The smallest absolute Gasteiger partial charge is 0.128 e. The maximum absolute atomic E-state index is 13.9. The molecule has 4 rings (SSSR count). The molecule has 168 valence electrons. The number of nitrogens with one attached hydrogen (secondary N) is 2. The first-order valence-corrected chi connectivity index (χ1v) is 11.2. The molecule has 1 fully saturated rings. The third-order valence-corrected chi connectivity index (χ3v) is 6.18. The van der Waals surface area contributed by atoms with E-state index < -0.39 is 11.6 Å². The summed E-state index contributed by atoms with van der Waals surface area (Å²) in [5, 5.41) is 7.04. The summed E-state index contributed by atoms with van der Waals surface area (Å²) in [4.78, 5) is 9.02. The van der Waals surface area contributed by atoms with Gasteiger partial charge in [0.2, 0.25) is 0 Å². The molecule has 0 radical (unpaired) electrons. The van der Waals surface area contributed by atoms with Gasteiger partial charge in [-0.15, -0.1) is 0 Å². The van der Waals surface area contributed by atoms with Crippen LogP contribution in [-0.4, -0.2) is 22.6 Å². The third-order valence-electron chi connectivity index (χ3n) is 5.88. The van der Waals surface area contributed by atoms with Crippen LogP contribution < -0.4 is 16.4 Å². The normalized spacial score (nSPS) is 18.4. The molecule has 0 spiro atoms. The van der Waals surface area contributed by atoms with Crippen LogP contribution in [0.3, 0.4) is 0 Å². The monoisotopic (exact) mass is 457 g/mol. The molecule has 4 N–H and O–H groups in total. The lowest BCUT2D eigenvalue weighted by Crippen LogP contribution is -2.29. The number of nitrogens with zero attached hydrogens (tertiary/aromatic N) is 2. The maximum Gasteiger partial charge on any atom is 0.128 e. The first-order valence-electron chi connectivity index (χ1n) is 10.8. The number of aromatic nitrogens is 2. The van der Waals surface area contributed by atoms with E-state index in [0.29, 0.717) is 28.5 Å². The van der Waals surface area contributed by atoms with E-state index in [9.17, 15) is 8.78 Å². The fourth-order valence-electron chi connectivity index (χ4n) is 4.01. The number of anilines is 2. The molecule has 0 aliphatic heterocycles. The van der Waals surface area contributed by atoms with E-state index in [-0.39, 0.29) is 12.1 Å². The van der Waals surface area contributed by atoms with Gasteiger partial charge in [-0.25, -0.2) is 18.7 Å². The van der Waals surface area contributed by atoms with Crippen molar-refractivity contribution in [3.63, 3.8) is 0 Å². The first kappa shape index (κ1) is 22.4. The average molecular weight is 458 g/mol. The van der Waals surface area contributed by atoms with E-state index >= 15 is 0 Å². The van der Waals surface area contributed by atoms with Gasteiger partial charge in [0.25, 0.3) is 0 Å². The number of rotatable bonds is 7. The summed E-state index contributed by atoms with van der Waals surface area (Å²) in [6, 6.07) is 11.1. The highest BCUT2D eigenvalue weighted by molar-refractivity contribution is 6.33. The second-order valence-corrected chi connectivity index (χ2v) is 8.55. The fourth-order valence-corrected chi connectivity index (χ4v) is 4.21. The minimum absolute atomic E-state index is 0.113. The van der Waals surface area contributed by atoms with Gasteiger partial charge in [0, 0.05) is 29.9 Å². The summed E-state index contributed by atoms with van der Waals surface area (Å²) >= 11 is 6.42. The second kappa shape index (κ2) is 10.2. The van der Waals surface area contributed by atoms with Crippen LogP contribution in [0.25, 0.3) is 11.3 Å². The molecule has 1 saturated carbocycles. The van der Waals surface area contributed by atoms with Crippen LogP contribution >= 0.6 is 11.6 Å². The molecule has 1 aromatic carbocycles. The van der Waals surface area contributed by atoms with E-state index in [1.165, 1.54) is 6.07 Å². The van der Waals surface area contributed by atoms with Crippen molar-refractivity contribution in [2.75, 3.05) is 17.2 Å². The van der Waals surface area contributed by atoms with Crippen molar-refractivity contribution in [2.24, 2.45) is 11.7 Å². The molecule has 0 bridgehead atoms. The predicted octanol–water partition coefficient (Wildman–Crippen LogP) is 5.62. The molecule has 3 aromatic rings. The Balaban J connectivity index is 1.47. The zero-order valence-electron chi connectivity index (χ0n) is 17.6. The Morgan fingerprint density at radius 2 is 1.84 bits per heavy atom. The number of benzene rings is 1. The topological polar surface area (TPSA) is 75.9 Å². The van der Waals surface area contributed by atoms with Crippen LogP contribution in [-0.2, 0) is 6.54 Å². The molecule has 0 unspecified atom stereocenters. The molecule has 2 aromatic heterocycles. The Labute approximate surface area is 191 Å². The number of hydrogen-bond donors (Lipinski definition) is 3. The van der Waals surface area contributed by atoms with Crippen molar-refractivity contribution in [1.29, 1.82) is 0 Å². The number of halogens is 3. The lowest BCUT2D eigenvalue weighted by molar-refractivity contribution is 0.344. The maximum atomic E-state index is 13.9. The highest BCUT2D eigenvalue weighted by Gasteiger charge is 2.20. The summed E-state index contributed by atoms with van der Waals surface area (Å²) in [6.07, 6.45) is 5.99. The predicted molar refractivity (Wildman–Crippen MR) is 125 cm³/mol. The summed E-state index contributed by atoms with van der Waals surface area (Å²) in [6.45, 7) is 0.861. The first-order chi connectivity index (χ1) is 15.5. The number of nitrogens with two attached hydrogens (primary N) is 1. The zero-order chi connectivity index (χ0) is 22.5. The fraction of sp³-hybridized carbons (Fsp3) is 0.333. The standard InChI is InChI=1S/C24H26ClF2N5/c25-20-14-30-24(31-18-7-4-15(12-28)5-8-18)11-19(20)22-2-1-3-23(32-22)29-13-16-10-17(26)6-9-21(16)27/h1-3,6,9-11,14-15,18H,4-5,7-8,12-13,28H2,(H,29,32)(H,30,31)/t15-,18-. The van der Waals surface area contributed by atoms with Crippen LogP contribution in [0.4, 0.5) is 20.4 Å². The van der Waals surface area contributed by atoms with Gasteiger partial charge in [-0.2, -0.15) is 0 Å². The van der Waals surface area contributed by atoms with E-state index in [1.807, 2.05) is 18.2 Å². The van der Waals surface area contributed by atoms with Gasteiger partial charge >= 0.3 is 0 Å². The zero-order valence-corrected chi connectivity index (χ0v) is 18.4. The molecule has 5 nitrogen and oxygen atoms in total. The Hall–Kier alpha value is -2.77. The number of hydrogen-bond acceptors (Lipinski definition) is 5. The van der Waals surface area contributed by atoms with E-state index in [1.54, 1.807) is 12.3 Å². The van der Waals surface area contributed by atoms with Crippen molar-refractivity contribution in [3.05, 3.63) is 70.9 Å². The van der Waals surface area contributed by atoms with Crippen molar-refractivity contribution in [1.82, 2.24) is 9.97 Å². The van der Waals surface area contributed by atoms with Crippen LogP contribution in [0, 0.1) is 17.6 Å². The molecular weight excluding hydrogens is 432 g/mol. The quantitative estimate of drug-likeness (QED) is 0.429. The summed E-state index contributed by atoms with van der Waals surface area (Å²) in [5.41, 5.74) is 7.43. The van der Waals surface area contributed by atoms with Crippen LogP contribution in [0.1, 0.15) is 31.2 Å². The summed E-state index contributed by atoms with van der Waals surface area (Å²) in [7, 11) is 0. The highest BCUT2D eigenvalue weighted by atomic mass is 35.5. The lowest BCUT2D eigenvalue weighted by atomic mass is 9.86. The largest absolute Gasteiger partial charge is 0.367 e. The molecule has 1 aliphatic rings. The molecule has 1 aliphatic carbocycles. The van der Waals surface area contributed by atoms with Gasteiger partial charge in [-0.05, 0) is 74.5 Å². The van der Waals surface area contributed by atoms with Crippen molar-refractivity contribution in [3.8, 4) is 11.3 Å². The van der Waals surface area contributed by atoms with Crippen LogP contribution in [0.2, 0.25) is 5.02 Å². The Morgan fingerprint density at radius 1 is 1.03 bits per heavy atom. The van der Waals surface area contributed by atoms with Gasteiger partial charge in [-0.1, -0.05) is 17.7 Å². The van der Waals surface area contributed by atoms with Crippen LogP contribution in [0.15, 0.2) is 48.7 Å². The van der Waals surface area contributed by atoms with Gasteiger partial charge in [0.1, 0.15) is 23.3 Å². The highest BCUT2D eigenvalue weighted by Crippen LogP contribution is 2.31. The molecule has 0 saturated heterocycles. The van der Waals surface area contributed by atoms with Crippen molar-refractivity contribution < 1.29 is 8.78 Å². The molecule has 2 heterocycles. The van der Waals surface area contributed by atoms with Crippen LogP contribution in [0.5, 0.6) is 0 Å².